The first-order chi connectivity index (χ1) is 23.1. The Hall–Kier alpha value is -2.09. The number of hydrogen-bond acceptors (Lipinski definition) is 2. The summed E-state index contributed by atoms with van der Waals surface area (Å²) >= 11 is 0. The van der Waals surface area contributed by atoms with Crippen LogP contribution in [-0.2, 0) is 9.53 Å². The summed E-state index contributed by atoms with van der Waals surface area (Å²) in [7, 11) is 0. The van der Waals surface area contributed by atoms with E-state index in [1.165, 1.54) is 83.5 Å². The van der Waals surface area contributed by atoms with Crippen LogP contribution in [0.4, 0.5) is 0 Å². The second kappa shape index (κ2) is 38.4. The molecule has 2 heteroatoms. The van der Waals surface area contributed by atoms with Crippen LogP contribution in [0, 0.1) is 5.92 Å². The molecule has 270 valence electrons. The molecule has 0 heterocycles. The molecule has 0 saturated heterocycles. The van der Waals surface area contributed by atoms with Crippen molar-refractivity contribution in [1.82, 2.24) is 0 Å². The van der Waals surface area contributed by atoms with Crippen molar-refractivity contribution in [2.45, 2.75) is 201 Å². The summed E-state index contributed by atoms with van der Waals surface area (Å²) in [6.07, 6.45) is 57.5. The lowest BCUT2D eigenvalue weighted by molar-refractivity contribution is -0.150. The van der Waals surface area contributed by atoms with Crippen LogP contribution in [0.3, 0.4) is 0 Å². The Labute approximate surface area is 294 Å². The molecule has 0 aliphatic heterocycles. The van der Waals surface area contributed by atoms with Crippen molar-refractivity contribution in [3.05, 3.63) is 72.9 Å². The topological polar surface area (TPSA) is 26.3 Å². The second-order valence-electron chi connectivity index (χ2n) is 13.8. The Morgan fingerprint density at radius 3 is 1.19 bits per heavy atom. The minimum absolute atomic E-state index is 0.0182. The number of allylic oxidation sites excluding steroid dienone is 12. The molecule has 0 radical (unpaired) electrons. The predicted octanol–water partition coefficient (Wildman–Crippen LogP) is 15.1. The first kappa shape index (κ1) is 44.9. The summed E-state index contributed by atoms with van der Waals surface area (Å²) in [4.78, 5) is 12.6. The van der Waals surface area contributed by atoms with Gasteiger partial charge in [0.25, 0.3) is 0 Å². The summed E-state index contributed by atoms with van der Waals surface area (Å²) in [6, 6.07) is 0. The summed E-state index contributed by atoms with van der Waals surface area (Å²) in [5.74, 6) is 0.723. The van der Waals surface area contributed by atoms with E-state index in [1.807, 2.05) is 0 Å². The van der Waals surface area contributed by atoms with Gasteiger partial charge in [0.05, 0.1) is 0 Å². The quantitative estimate of drug-likeness (QED) is 0.0393. The molecular formula is C45H78O2. The van der Waals surface area contributed by atoms with Crippen LogP contribution in [0.15, 0.2) is 72.9 Å². The zero-order chi connectivity index (χ0) is 34.3. The lowest BCUT2D eigenvalue weighted by Crippen LogP contribution is -2.18. The van der Waals surface area contributed by atoms with E-state index in [-0.39, 0.29) is 12.1 Å². The fraction of sp³-hybridized carbons (Fsp3) is 0.711. The van der Waals surface area contributed by atoms with Gasteiger partial charge in [-0.1, -0.05) is 152 Å². The highest BCUT2D eigenvalue weighted by molar-refractivity contribution is 5.69. The molecular weight excluding hydrogens is 572 g/mol. The molecule has 0 bridgehead atoms. The zero-order valence-corrected chi connectivity index (χ0v) is 31.8. The van der Waals surface area contributed by atoms with Crippen molar-refractivity contribution in [2.75, 3.05) is 0 Å². The summed E-state index contributed by atoms with van der Waals surface area (Å²) in [6.45, 7) is 9.01. The smallest absolute Gasteiger partial charge is 0.306 e. The summed E-state index contributed by atoms with van der Waals surface area (Å²) in [5, 5.41) is 0. The van der Waals surface area contributed by atoms with E-state index < -0.39 is 0 Å². The number of esters is 1. The highest BCUT2D eigenvalue weighted by atomic mass is 16.5. The van der Waals surface area contributed by atoms with Crippen molar-refractivity contribution in [3.63, 3.8) is 0 Å². The van der Waals surface area contributed by atoms with Gasteiger partial charge in [0.15, 0.2) is 0 Å². The third-order valence-corrected chi connectivity index (χ3v) is 8.54. The molecule has 0 aromatic heterocycles. The van der Waals surface area contributed by atoms with Gasteiger partial charge in [0.2, 0.25) is 0 Å². The van der Waals surface area contributed by atoms with Crippen molar-refractivity contribution >= 4 is 5.97 Å². The van der Waals surface area contributed by atoms with Gasteiger partial charge in [-0.3, -0.25) is 4.79 Å². The van der Waals surface area contributed by atoms with E-state index in [0.29, 0.717) is 12.3 Å². The van der Waals surface area contributed by atoms with E-state index in [4.69, 9.17) is 4.74 Å². The maximum absolute atomic E-state index is 12.6. The molecule has 2 nitrogen and oxygen atoms in total. The van der Waals surface area contributed by atoms with E-state index >= 15 is 0 Å². The first-order valence-electron chi connectivity index (χ1n) is 20.2. The Balaban J connectivity index is 4.19. The average molecular weight is 651 g/mol. The van der Waals surface area contributed by atoms with Gasteiger partial charge in [-0.05, 0) is 115 Å². The van der Waals surface area contributed by atoms with Gasteiger partial charge in [0.1, 0.15) is 6.10 Å². The normalized spacial score (nSPS) is 13.3. The maximum atomic E-state index is 12.6. The SMILES string of the molecule is CCCCCC=CCC=CCC=CCCCCCC(CCCCCC=CCC=CCC=CCCCCC)OC(=O)CCCCC(C)C. The number of hydrogen-bond donors (Lipinski definition) is 0. The molecule has 47 heavy (non-hydrogen) atoms. The fourth-order valence-electron chi connectivity index (χ4n) is 5.53. The third-order valence-electron chi connectivity index (χ3n) is 8.54. The highest BCUT2D eigenvalue weighted by Gasteiger charge is 2.14. The molecule has 0 fully saturated rings. The molecule has 0 spiro atoms. The van der Waals surface area contributed by atoms with Crippen LogP contribution in [0.2, 0.25) is 0 Å². The highest BCUT2D eigenvalue weighted by Crippen LogP contribution is 2.18. The van der Waals surface area contributed by atoms with Crippen molar-refractivity contribution in [3.8, 4) is 0 Å². The molecule has 0 saturated carbocycles. The molecule has 0 unspecified atom stereocenters. The van der Waals surface area contributed by atoms with Crippen LogP contribution >= 0.6 is 0 Å². The van der Waals surface area contributed by atoms with Crippen molar-refractivity contribution in [1.29, 1.82) is 0 Å². The van der Waals surface area contributed by atoms with Crippen molar-refractivity contribution < 1.29 is 9.53 Å². The number of unbranched alkanes of at least 4 members (excludes halogenated alkanes) is 13. The number of ether oxygens (including phenoxy) is 1. The Kier molecular flexibility index (Phi) is 36.7. The number of carbonyl (C=O) groups excluding carboxylic acids is 1. The van der Waals surface area contributed by atoms with E-state index in [2.05, 4.69) is 101 Å². The second-order valence-corrected chi connectivity index (χ2v) is 13.8. The standard InChI is InChI=1S/C45H78O2/c1-5-7-9-11-13-15-17-19-21-23-25-27-29-31-33-35-40-44(47-45(46)42-38-37-39-43(3)4)41-36-34-32-30-28-26-24-22-20-18-16-14-12-10-8-6-2/h13-16,19-22,25-28,43-44H,5-12,17-18,23-24,29-42H2,1-4H3. The lowest BCUT2D eigenvalue weighted by atomic mass is 10.0. The molecule has 0 aliphatic rings. The molecule has 0 N–H and O–H groups in total. The molecule has 0 aliphatic carbocycles. The Morgan fingerprint density at radius 1 is 0.447 bits per heavy atom. The zero-order valence-electron chi connectivity index (χ0n) is 31.8. The van der Waals surface area contributed by atoms with Gasteiger partial charge < -0.3 is 4.74 Å². The molecule has 0 atom stereocenters. The largest absolute Gasteiger partial charge is 0.462 e. The molecule has 0 amide bonds. The minimum Gasteiger partial charge on any atom is -0.462 e. The Morgan fingerprint density at radius 2 is 0.809 bits per heavy atom. The molecule has 0 aromatic rings. The summed E-state index contributed by atoms with van der Waals surface area (Å²) < 4.78 is 6.01. The van der Waals surface area contributed by atoms with Gasteiger partial charge in [0, 0.05) is 6.42 Å². The number of rotatable bonds is 34. The minimum atomic E-state index is 0.0182. The number of carbonyl (C=O) groups is 1. The molecule has 0 aromatic carbocycles. The monoisotopic (exact) mass is 651 g/mol. The van der Waals surface area contributed by atoms with Crippen LogP contribution < -0.4 is 0 Å². The average Bonchev–Trinajstić information content (AvgIpc) is 3.06. The first-order valence-corrected chi connectivity index (χ1v) is 20.2. The van der Waals surface area contributed by atoms with E-state index in [1.54, 1.807) is 0 Å². The van der Waals surface area contributed by atoms with E-state index in [0.717, 1.165) is 77.0 Å². The van der Waals surface area contributed by atoms with Crippen molar-refractivity contribution in [2.24, 2.45) is 5.92 Å². The van der Waals surface area contributed by atoms with Crippen LogP contribution in [-0.4, -0.2) is 12.1 Å². The van der Waals surface area contributed by atoms with Gasteiger partial charge in [-0.2, -0.15) is 0 Å². The van der Waals surface area contributed by atoms with Crippen LogP contribution in [0.5, 0.6) is 0 Å². The van der Waals surface area contributed by atoms with Gasteiger partial charge in [-0.25, -0.2) is 0 Å². The lowest BCUT2D eigenvalue weighted by Gasteiger charge is -2.18. The van der Waals surface area contributed by atoms with Crippen LogP contribution in [0.1, 0.15) is 195 Å². The molecule has 0 rings (SSSR count). The van der Waals surface area contributed by atoms with E-state index in [9.17, 15) is 4.79 Å². The Bertz CT molecular complexity index is 771. The predicted molar refractivity (Wildman–Crippen MR) is 211 cm³/mol. The van der Waals surface area contributed by atoms with Crippen LogP contribution in [0.25, 0.3) is 0 Å². The fourth-order valence-corrected chi connectivity index (χ4v) is 5.53. The third kappa shape index (κ3) is 38.2. The maximum Gasteiger partial charge on any atom is 0.306 e. The summed E-state index contributed by atoms with van der Waals surface area (Å²) in [5.41, 5.74) is 0. The van der Waals surface area contributed by atoms with Gasteiger partial charge in [-0.15, -0.1) is 0 Å². The van der Waals surface area contributed by atoms with Gasteiger partial charge >= 0.3 is 5.97 Å².